The second kappa shape index (κ2) is 7.04. The molecule has 1 aromatic rings. The number of aromatic nitrogens is 2. The smallest absolute Gasteiger partial charge is 0.0929 e. The fraction of sp³-hybridized carbons (Fsp3) is 0.462. The van der Waals surface area contributed by atoms with Crippen molar-refractivity contribution in [2.24, 2.45) is 5.92 Å². The standard InChI is InChI=1S/C11H16N2.C2H6/c1-5-6-10(8(2)3)11-9(4)12-7-13-11;1-2/h5-8H,1H2,2-4H3,(H,12,13);1-2H3/b10-6-;. The zero-order valence-corrected chi connectivity index (χ0v) is 10.5. The average molecular weight is 206 g/mol. The van der Waals surface area contributed by atoms with E-state index in [4.69, 9.17) is 0 Å². The van der Waals surface area contributed by atoms with Crippen molar-refractivity contribution >= 4 is 5.57 Å². The normalized spacial score (nSPS) is 10.9. The van der Waals surface area contributed by atoms with Crippen LogP contribution < -0.4 is 0 Å². The molecule has 0 aromatic carbocycles. The molecule has 0 amide bonds. The third kappa shape index (κ3) is 3.74. The highest BCUT2D eigenvalue weighted by atomic mass is 14.9. The Kier molecular flexibility index (Phi) is 6.43. The van der Waals surface area contributed by atoms with Gasteiger partial charge in [0.1, 0.15) is 0 Å². The summed E-state index contributed by atoms with van der Waals surface area (Å²) in [5.74, 6) is 0.472. The summed E-state index contributed by atoms with van der Waals surface area (Å²) in [5.41, 5.74) is 3.39. The summed E-state index contributed by atoms with van der Waals surface area (Å²) in [6.07, 6.45) is 5.56. The number of aromatic amines is 1. The van der Waals surface area contributed by atoms with Crippen molar-refractivity contribution in [3.05, 3.63) is 36.4 Å². The molecule has 1 heterocycles. The van der Waals surface area contributed by atoms with Gasteiger partial charge in [-0.25, -0.2) is 4.98 Å². The molecule has 0 bridgehead atoms. The summed E-state index contributed by atoms with van der Waals surface area (Å²) < 4.78 is 0. The number of allylic oxidation sites excluding steroid dienone is 3. The van der Waals surface area contributed by atoms with Crippen molar-refractivity contribution in [3.8, 4) is 0 Å². The summed E-state index contributed by atoms with van der Waals surface area (Å²) in [4.78, 5) is 7.36. The molecule has 1 rings (SSSR count). The topological polar surface area (TPSA) is 28.7 Å². The highest BCUT2D eigenvalue weighted by Crippen LogP contribution is 2.23. The van der Waals surface area contributed by atoms with Crippen molar-refractivity contribution in [2.45, 2.75) is 34.6 Å². The molecule has 2 nitrogen and oxygen atoms in total. The van der Waals surface area contributed by atoms with E-state index in [1.165, 1.54) is 5.57 Å². The van der Waals surface area contributed by atoms with Gasteiger partial charge in [-0.1, -0.05) is 46.4 Å². The average Bonchev–Trinajstić information content (AvgIpc) is 2.63. The highest BCUT2D eigenvalue weighted by Gasteiger charge is 2.10. The van der Waals surface area contributed by atoms with E-state index in [0.29, 0.717) is 5.92 Å². The molecule has 0 atom stereocenters. The van der Waals surface area contributed by atoms with Crippen molar-refractivity contribution in [2.75, 3.05) is 0 Å². The Bertz CT molecular complexity index is 319. The number of rotatable bonds is 3. The van der Waals surface area contributed by atoms with Crippen LogP contribution in [0.4, 0.5) is 0 Å². The van der Waals surface area contributed by atoms with Gasteiger partial charge in [0.05, 0.1) is 12.0 Å². The van der Waals surface area contributed by atoms with Crippen molar-refractivity contribution in [1.29, 1.82) is 0 Å². The van der Waals surface area contributed by atoms with Crippen LogP contribution in [0.1, 0.15) is 39.1 Å². The Balaban J connectivity index is 0.000000921. The molecule has 2 heteroatoms. The lowest BCUT2D eigenvalue weighted by Crippen LogP contribution is -1.95. The zero-order valence-electron chi connectivity index (χ0n) is 10.5. The van der Waals surface area contributed by atoms with Crippen molar-refractivity contribution in [1.82, 2.24) is 9.97 Å². The summed E-state index contributed by atoms with van der Waals surface area (Å²) >= 11 is 0. The van der Waals surface area contributed by atoms with Crippen LogP contribution in [0.5, 0.6) is 0 Å². The monoisotopic (exact) mass is 206 g/mol. The molecule has 1 N–H and O–H groups in total. The molecule has 0 aliphatic rings. The first-order valence-electron chi connectivity index (χ1n) is 5.49. The maximum absolute atomic E-state index is 4.28. The van der Waals surface area contributed by atoms with E-state index in [1.54, 1.807) is 6.33 Å². The lowest BCUT2D eigenvalue weighted by Gasteiger charge is -2.08. The predicted molar refractivity (Wildman–Crippen MR) is 67.7 cm³/mol. The Morgan fingerprint density at radius 1 is 1.47 bits per heavy atom. The molecule has 0 unspecified atom stereocenters. The molecule has 84 valence electrons. The molecule has 0 aliphatic carbocycles. The van der Waals surface area contributed by atoms with E-state index in [0.717, 1.165) is 11.4 Å². The number of nitrogens with one attached hydrogen (secondary N) is 1. The van der Waals surface area contributed by atoms with Crippen LogP contribution in [0.25, 0.3) is 5.57 Å². The minimum absolute atomic E-state index is 0.472. The van der Waals surface area contributed by atoms with Crippen LogP contribution in [0.15, 0.2) is 25.1 Å². The molecular formula is C13H22N2. The molecule has 0 saturated carbocycles. The summed E-state index contributed by atoms with van der Waals surface area (Å²) in [6.45, 7) is 14.0. The predicted octanol–water partition coefficient (Wildman–Crippen LogP) is 3.97. The molecular weight excluding hydrogens is 184 g/mol. The van der Waals surface area contributed by atoms with Gasteiger partial charge >= 0.3 is 0 Å². The van der Waals surface area contributed by atoms with Gasteiger partial charge < -0.3 is 4.98 Å². The molecule has 0 saturated heterocycles. The lowest BCUT2D eigenvalue weighted by molar-refractivity contribution is 0.848. The van der Waals surface area contributed by atoms with Crippen molar-refractivity contribution < 1.29 is 0 Å². The Hall–Kier alpha value is -1.31. The quantitative estimate of drug-likeness (QED) is 0.745. The van der Waals surface area contributed by atoms with Gasteiger partial charge in [0.25, 0.3) is 0 Å². The first kappa shape index (κ1) is 13.7. The Labute approximate surface area is 93.1 Å². The molecule has 0 aliphatic heterocycles. The molecule has 1 aromatic heterocycles. The molecule has 0 radical (unpaired) electrons. The first-order chi connectivity index (χ1) is 7.16. The largest absolute Gasteiger partial charge is 0.348 e. The maximum Gasteiger partial charge on any atom is 0.0929 e. The number of hydrogen-bond donors (Lipinski definition) is 1. The van der Waals surface area contributed by atoms with E-state index in [-0.39, 0.29) is 0 Å². The summed E-state index contributed by atoms with van der Waals surface area (Å²) in [5, 5.41) is 0. The summed E-state index contributed by atoms with van der Waals surface area (Å²) in [6, 6.07) is 0. The zero-order chi connectivity index (χ0) is 11.8. The minimum atomic E-state index is 0.472. The number of nitrogens with zero attached hydrogens (tertiary/aromatic N) is 1. The molecule has 15 heavy (non-hydrogen) atoms. The van der Waals surface area contributed by atoms with E-state index in [9.17, 15) is 0 Å². The second-order valence-electron chi connectivity index (χ2n) is 3.39. The number of aryl methyl sites for hydroxylation is 1. The fourth-order valence-corrected chi connectivity index (χ4v) is 1.32. The SMILES string of the molecule is C=C/C=C(\c1nc[nH]c1C)C(C)C.CC. The lowest BCUT2D eigenvalue weighted by atomic mass is 9.98. The maximum atomic E-state index is 4.28. The van der Waals surface area contributed by atoms with Gasteiger partial charge in [-0.2, -0.15) is 0 Å². The Morgan fingerprint density at radius 2 is 2.07 bits per heavy atom. The van der Waals surface area contributed by atoms with Crippen LogP contribution in [0, 0.1) is 12.8 Å². The number of imidazole rings is 1. The van der Waals surface area contributed by atoms with E-state index < -0.39 is 0 Å². The highest BCUT2D eigenvalue weighted by molar-refractivity contribution is 5.66. The second-order valence-corrected chi connectivity index (χ2v) is 3.39. The Morgan fingerprint density at radius 3 is 2.40 bits per heavy atom. The van der Waals surface area contributed by atoms with Gasteiger partial charge in [-0.15, -0.1) is 0 Å². The van der Waals surface area contributed by atoms with Crippen LogP contribution in [-0.2, 0) is 0 Å². The molecule has 0 fully saturated rings. The summed E-state index contributed by atoms with van der Waals surface area (Å²) in [7, 11) is 0. The van der Waals surface area contributed by atoms with Gasteiger partial charge in [0.15, 0.2) is 0 Å². The first-order valence-corrected chi connectivity index (χ1v) is 5.49. The van der Waals surface area contributed by atoms with E-state index in [2.05, 4.69) is 30.4 Å². The fourth-order valence-electron chi connectivity index (χ4n) is 1.32. The minimum Gasteiger partial charge on any atom is -0.348 e. The van der Waals surface area contributed by atoms with Crippen LogP contribution in [-0.4, -0.2) is 9.97 Å². The van der Waals surface area contributed by atoms with Gasteiger partial charge in [0, 0.05) is 5.69 Å². The third-order valence-electron chi connectivity index (χ3n) is 2.02. The van der Waals surface area contributed by atoms with Crippen molar-refractivity contribution in [3.63, 3.8) is 0 Å². The molecule has 0 spiro atoms. The van der Waals surface area contributed by atoms with Gasteiger partial charge in [-0.3, -0.25) is 0 Å². The van der Waals surface area contributed by atoms with Crippen LogP contribution in [0.3, 0.4) is 0 Å². The van der Waals surface area contributed by atoms with Gasteiger partial charge in [-0.05, 0) is 18.4 Å². The number of H-pyrrole nitrogens is 1. The third-order valence-corrected chi connectivity index (χ3v) is 2.02. The van der Waals surface area contributed by atoms with E-state index >= 15 is 0 Å². The van der Waals surface area contributed by atoms with Gasteiger partial charge in [0.2, 0.25) is 0 Å². The van der Waals surface area contributed by atoms with Crippen LogP contribution in [0.2, 0.25) is 0 Å². The number of hydrogen-bond acceptors (Lipinski definition) is 1. The van der Waals surface area contributed by atoms with E-state index in [1.807, 2.05) is 32.9 Å². The van der Waals surface area contributed by atoms with Crippen LogP contribution >= 0.6 is 0 Å².